The van der Waals surface area contributed by atoms with Crippen LogP contribution in [0.5, 0.6) is 0 Å². The van der Waals surface area contributed by atoms with Crippen molar-refractivity contribution in [3.8, 4) is 0 Å². The van der Waals surface area contributed by atoms with E-state index in [0.717, 1.165) is 63.8 Å². The fourth-order valence-electron chi connectivity index (χ4n) is 4.72. The van der Waals surface area contributed by atoms with E-state index in [1.54, 1.807) is 4.57 Å². The minimum Gasteiger partial charge on any atom is -0.338 e. The van der Waals surface area contributed by atoms with Crippen LogP contribution >= 0.6 is 12.4 Å². The van der Waals surface area contributed by atoms with Crippen molar-refractivity contribution in [2.45, 2.75) is 45.1 Å². The van der Waals surface area contributed by atoms with Gasteiger partial charge >= 0.3 is 0 Å². The van der Waals surface area contributed by atoms with Crippen molar-refractivity contribution in [1.82, 2.24) is 14.8 Å². The molecule has 4 rings (SSSR count). The molecule has 2 fully saturated rings. The number of nitrogens with one attached hydrogen (secondary N) is 1. The Morgan fingerprint density at radius 2 is 1.70 bits per heavy atom. The number of rotatable bonds is 4. The van der Waals surface area contributed by atoms with Crippen LogP contribution < -0.4 is 10.9 Å². The third-order valence-corrected chi connectivity index (χ3v) is 6.51. The highest BCUT2D eigenvalue weighted by Crippen LogP contribution is 2.23. The van der Waals surface area contributed by atoms with Crippen LogP contribution in [0.25, 0.3) is 0 Å². The summed E-state index contributed by atoms with van der Waals surface area (Å²) >= 11 is 0. The lowest BCUT2D eigenvalue weighted by molar-refractivity contribution is 0.0687. The zero-order chi connectivity index (χ0) is 20.2. The van der Waals surface area contributed by atoms with E-state index in [-0.39, 0.29) is 29.9 Å². The van der Waals surface area contributed by atoms with Gasteiger partial charge in [0, 0.05) is 25.3 Å². The van der Waals surface area contributed by atoms with E-state index in [9.17, 15) is 9.59 Å². The molecule has 2 aliphatic heterocycles. The second-order valence-corrected chi connectivity index (χ2v) is 8.49. The molecule has 1 aromatic heterocycles. The van der Waals surface area contributed by atoms with Gasteiger partial charge in [-0.3, -0.25) is 9.59 Å². The van der Waals surface area contributed by atoms with Crippen LogP contribution in [0.15, 0.2) is 47.4 Å². The maximum atomic E-state index is 13.2. The number of piperidine rings is 2. The lowest BCUT2D eigenvalue weighted by atomic mass is 9.90. The Kier molecular flexibility index (Phi) is 7.73. The predicted molar refractivity (Wildman–Crippen MR) is 123 cm³/mol. The van der Waals surface area contributed by atoms with Gasteiger partial charge in [0.05, 0.1) is 0 Å². The van der Waals surface area contributed by atoms with Crippen LogP contribution in [0.1, 0.15) is 53.2 Å². The Hall–Kier alpha value is -2.11. The minimum atomic E-state index is -0.117. The third kappa shape index (κ3) is 4.96. The van der Waals surface area contributed by atoms with Crippen LogP contribution in [-0.2, 0) is 6.42 Å². The van der Waals surface area contributed by atoms with Crippen molar-refractivity contribution in [3.05, 3.63) is 69.6 Å². The molecule has 0 aliphatic carbocycles. The Labute approximate surface area is 184 Å². The van der Waals surface area contributed by atoms with Crippen molar-refractivity contribution in [2.24, 2.45) is 5.92 Å². The molecule has 1 aromatic carbocycles. The highest BCUT2D eigenvalue weighted by atomic mass is 35.5. The highest BCUT2D eigenvalue weighted by molar-refractivity contribution is 5.95. The van der Waals surface area contributed by atoms with Crippen LogP contribution in [0, 0.1) is 12.8 Å². The molecule has 0 bridgehead atoms. The van der Waals surface area contributed by atoms with Gasteiger partial charge in [-0.05, 0) is 75.2 Å². The first-order valence-corrected chi connectivity index (χ1v) is 10.9. The molecule has 2 aliphatic rings. The SMILES string of the molecule is Cc1ccn(C2CCNCC2)c(=O)c1C(=O)N1CCC(Cc2ccccc2)CC1.Cl. The Bertz CT molecular complexity index is 898. The van der Waals surface area contributed by atoms with E-state index in [0.29, 0.717) is 11.5 Å². The summed E-state index contributed by atoms with van der Waals surface area (Å²) in [5.41, 5.74) is 2.40. The zero-order valence-corrected chi connectivity index (χ0v) is 18.5. The molecular weight excluding hydrogens is 398 g/mol. The Morgan fingerprint density at radius 3 is 2.37 bits per heavy atom. The monoisotopic (exact) mass is 429 g/mol. The molecule has 30 heavy (non-hydrogen) atoms. The van der Waals surface area contributed by atoms with Gasteiger partial charge in [0.2, 0.25) is 0 Å². The maximum Gasteiger partial charge on any atom is 0.263 e. The number of aryl methyl sites for hydroxylation is 1. The fourth-order valence-corrected chi connectivity index (χ4v) is 4.72. The molecule has 0 unspecified atom stereocenters. The quantitative estimate of drug-likeness (QED) is 0.807. The molecule has 2 aromatic rings. The summed E-state index contributed by atoms with van der Waals surface area (Å²) in [6.45, 7) is 5.19. The number of amides is 1. The van der Waals surface area contributed by atoms with Crippen molar-refractivity contribution in [1.29, 1.82) is 0 Å². The summed E-state index contributed by atoms with van der Waals surface area (Å²) in [4.78, 5) is 28.3. The molecule has 0 radical (unpaired) electrons. The minimum absolute atomic E-state index is 0. The first kappa shape index (κ1) is 22.6. The van der Waals surface area contributed by atoms with Crippen LogP contribution in [-0.4, -0.2) is 41.6 Å². The fraction of sp³-hybridized carbons (Fsp3) is 0.500. The predicted octanol–water partition coefficient (Wildman–Crippen LogP) is 3.60. The van der Waals surface area contributed by atoms with Crippen molar-refractivity contribution < 1.29 is 4.79 Å². The highest BCUT2D eigenvalue weighted by Gasteiger charge is 2.28. The number of benzene rings is 1. The average molecular weight is 430 g/mol. The van der Waals surface area contributed by atoms with Gasteiger partial charge in [-0.1, -0.05) is 30.3 Å². The molecule has 0 saturated carbocycles. The van der Waals surface area contributed by atoms with E-state index < -0.39 is 0 Å². The number of aromatic nitrogens is 1. The van der Waals surface area contributed by atoms with Gasteiger partial charge in [0.15, 0.2) is 0 Å². The number of hydrogen-bond donors (Lipinski definition) is 1. The van der Waals surface area contributed by atoms with E-state index in [1.165, 1.54) is 5.56 Å². The van der Waals surface area contributed by atoms with Crippen molar-refractivity contribution >= 4 is 18.3 Å². The number of halogens is 1. The topological polar surface area (TPSA) is 54.3 Å². The molecule has 162 valence electrons. The summed E-state index contributed by atoms with van der Waals surface area (Å²) in [5, 5.41) is 3.34. The molecule has 6 heteroatoms. The summed E-state index contributed by atoms with van der Waals surface area (Å²) in [6, 6.07) is 12.7. The van der Waals surface area contributed by atoms with Gasteiger partial charge in [0.25, 0.3) is 11.5 Å². The first-order chi connectivity index (χ1) is 14.1. The number of carbonyl (C=O) groups excluding carboxylic acids is 1. The smallest absolute Gasteiger partial charge is 0.263 e. The van der Waals surface area contributed by atoms with Crippen molar-refractivity contribution in [2.75, 3.05) is 26.2 Å². The standard InChI is InChI=1S/C24H31N3O2.ClH/c1-18-9-16-27(21-7-12-25-13-8-21)24(29)22(18)23(28)26-14-10-20(11-15-26)17-19-5-3-2-4-6-19;/h2-6,9,16,20-21,25H,7-8,10-15,17H2,1H3;1H. The summed E-state index contributed by atoms with van der Waals surface area (Å²) in [6.07, 6.45) is 6.79. The summed E-state index contributed by atoms with van der Waals surface area (Å²) in [7, 11) is 0. The third-order valence-electron chi connectivity index (χ3n) is 6.51. The number of pyridine rings is 1. The summed E-state index contributed by atoms with van der Waals surface area (Å²) < 4.78 is 1.79. The molecule has 0 spiro atoms. The molecule has 3 heterocycles. The Morgan fingerprint density at radius 1 is 1.03 bits per heavy atom. The van der Waals surface area contributed by atoms with E-state index >= 15 is 0 Å². The molecule has 0 atom stereocenters. The van der Waals surface area contributed by atoms with Gasteiger partial charge in [-0.2, -0.15) is 0 Å². The van der Waals surface area contributed by atoms with Crippen LogP contribution in [0.4, 0.5) is 0 Å². The zero-order valence-electron chi connectivity index (χ0n) is 17.7. The maximum absolute atomic E-state index is 13.2. The van der Waals surface area contributed by atoms with Crippen LogP contribution in [0.2, 0.25) is 0 Å². The molecular formula is C24H32ClN3O2. The summed E-state index contributed by atoms with van der Waals surface area (Å²) in [5.74, 6) is 0.513. The molecule has 1 N–H and O–H groups in total. The van der Waals surface area contributed by atoms with E-state index in [2.05, 4.69) is 29.6 Å². The molecule has 1 amide bonds. The second kappa shape index (κ2) is 10.3. The van der Waals surface area contributed by atoms with E-state index in [4.69, 9.17) is 0 Å². The Balaban J connectivity index is 0.00000256. The van der Waals surface area contributed by atoms with Gasteiger partial charge in [-0.15, -0.1) is 12.4 Å². The lowest BCUT2D eigenvalue weighted by Crippen LogP contribution is -2.43. The number of likely N-dealkylation sites (tertiary alicyclic amines) is 1. The van der Waals surface area contributed by atoms with Crippen LogP contribution in [0.3, 0.4) is 0 Å². The van der Waals surface area contributed by atoms with Gasteiger partial charge in [-0.25, -0.2) is 0 Å². The number of nitrogens with zero attached hydrogens (tertiary/aromatic N) is 2. The first-order valence-electron chi connectivity index (χ1n) is 10.9. The number of carbonyl (C=O) groups is 1. The number of hydrogen-bond acceptors (Lipinski definition) is 3. The van der Waals surface area contributed by atoms with E-state index in [1.807, 2.05) is 30.2 Å². The lowest BCUT2D eigenvalue weighted by Gasteiger charge is -2.32. The van der Waals surface area contributed by atoms with Crippen molar-refractivity contribution in [3.63, 3.8) is 0 Å². The molecule has 2 saturated heterocycles. The average Bonchev–Trinajstić information content (AvgIpc) is 2.76. The molecule has 5 nitrogen and oxygen atoms in total. The normalized spacial score (nSPS) is 18.1. The largest absolute Gasteiger partial charge is 0.338 e. The van der Waals surface area contributed by atoms with Gasteiger partial charge < -0.3 is 14.8 Å². The van der Waals surface area contributed by atoms with Gasteiger partial charge in [0.1, 0.15) is 5.56 Å². The second-order valence-electron chi connectivity index (χ2n) is 8.49.